The van der Waals surface area contributed by atoms with Crippen LogP contribution in [0.15, 0.2) is 30.3 Å². The summed E-state index contributed by atoms with van der Waals surface area (Å²) in [6.07, 6.45) is 0.495. The highest BCUT2D eigenvalue weighted by atomic mass is 16.4. The SMILES string of the molecule is CC1C(C(=O)O)CCN1C(=O)C#Cc1ccccc1. The monoisotopic (exact) mass is 257 g/mol. The highest BCUT2D eigenvalue weighted by Crippen LogP contribution is 2.24. The van der Waals surface area contributed by atoms with Crippen LogP contribution >= 0.6 is 0 Å². The molecule has 4 heteroatoms. The molecule has 0 spiro atoms. The predicted molar refractivity (Wildman–Crippen MR) is 70.2 cm³/mol. The van der Waals surface area contributed by atoms with Crippen LogP contribution in [0.1, 0.15) is 18.9 Å². The van der Waals surface area contributed by atoms with Crippen molar-refractivity contribution in [2.45, 2.75) is 19.4 Å². The van der Waals surface area contributed by atoms with Crippen LogP contribution in [-0.4, -0.2) is 34.5 Å². The topological polar surface area (TPSA) is 57.6 Å². The number of carboxylic acids is 1. The Bertz CT molecular complexity index is 542. The Morgan fingerprint density at radius 2 is 2.00 bits per heavy atom. The molecule has 1 saturated heterocycles. The Hall–Kier alpha value is -2.28. The fourth-order valence-corrected chi connectivity index (χ4v) is 2.28. The van der Waals surface area contributed by atoms with Crippen molar-refractivity contribution in [2.75, 3.05) is 6.54 Å². The first kappa shape index (κ1) is 13.2. The van der Waals surface area contributed by atoms with E-state index in [1.807, 2.05) is 30.3 Å². The number of hydrogen-bond acceptors (Lipinski definition) is 2. The standard InChI is InChI=1S/C15H15NO3/c1-11-13(15(18)19)9-10-16(11)14(17)8-7-12-5-3-2-4-6-12/h2-6,11,13H,9-10H2,1H3,(H,18,19). The highest BCUT2D eigenvalue weighted by Gasteiger charge is 2.37. The van der Waals surface area contributed by atoms with Gasteiger partial charge in [0.1, 0.15) is 0 Å². The third-order valence-electron chi connectivity index (χ3n) is 3.42. The van der Waals surface area contributed by atoms with E-state index >= 15 is 0 Å². The van der Waals surface area contributed by atoms with Gasteiger partial charge < -0.3 is 10.0 Å². The molecule has 1 aromatic carbocycles. The molecule has 98 valence electrons. The van der Waals surface area contributed by atoms with Gasteiger partial charge >= 0.3 is 5.97 Å². The van der Waals surface area contributed by atoms with E-state index in [4.69, 9.17) is 5.11 Å². The lowest BCUT2D eigenvalue weighted by Crippen LogP contribution is -2.36. The molecule has 2 rings (SSSR count). The second kappa shape index (κ2) is 5.57. The third kappa shape index (κ3) is 2.94. The van der Waals surface area contributed by atoms with Gasteiger partial charge in [-0.2, -0.15) is 0 Å². The van der Waals surface area contributed by atoms with Gasteiger partial charge in [0.15, 0.2) is 0 Å². The molecule has 1 heterocycles. The summed E-state index contributed by atoms with van der Waals surface area (Å²) in [5.74, 6) is 3.73. The molecular weight excluding hydrogens is 242 g/mol. The molecule has 0 bridgehead atoms. The Labute approximate surface area is 112 Å². The Morgan fingerprint density at radius 1 is 1.32 bits per heavy atom. The van der Waals surface area contributed by atoms with E-state index < -0.39 is 11.9 Å². The minimum Gasteiger partial charge on any atom is -0.481 e. The number of aliphatic carboxylic acids is 1. The zero-order valence-corrected chi connectivity index (χ0v) is 10.7. The zero-order valence-electron chi connectivity index (χ0n) is 10.7. The summed E-state index contributed by atoms with van der Waals surface area (Å²) in [6, 6.07) is 8.95. The number of carbonyl (C=O) groups excluding carboxylic acids is 1. The molecule has 0 radical (unpaired) electrons. The Morgan fingerprint density at radius 3 is 2.58 bits per heavy atom. The number of carbonyl (C=O) groups is 2. The second-order valence-electron chi connectivity index (χ2n) is 4.59. The fraction of sp³-hybridized carbons (Fsp3) is 0.333. The molecule has 2 unspecified atom stereocenters. The largest absolute Gasteiger partial charge is 0.481 e. The molecule has 0 saturated carbocycles. The normalized spacial score (nSPS) is 21.6. The summed E-state index contributed by atoms with van der Waals surface area (Å²) < 4.78 is 0. The maximum atomic E-state index is 12.0. The van der Waals surface area contributed by atoms with E-state index in [9.17, 15) is 9.59 Å². The van der Waals surface area contributed by atoms with Crippen LogP contribution in [0.25, 0.3) is 0 Å². The summed E-state index contributed by atoms with van der Waals surface area (Å²) in [5.41, 5.74) is 0.775. The van der Waals surface area contributed by atoms with Gasteiger partial charge in [-0.15, -0.1) is 0 Å². The van der Waals surface area contributed by atoms with Crippen molar-refractivity contribution in [3.05, 3.63) is 35.9 Å². The fourth-order valence-electron chi connectivity index (χ4n) is 2.28. The van der Waals surface area contributed by atoms with Gasteiger partial charge in [0, 0.05) is 24.1 Å². The first-order valence-electron chi connectivity index (χ1n) is 6.20. The molecule has 4 nitrogen and oxygen atoms in total. The van der Waals surface area contributed by atoms with Crippen LogP contribution < -0.4 is 0 Å². The van der Waals surface area contributed by atoms with Gasteiger partial charge in [-0.1, -0.05) is 24.1 Å². The number of likely N-dealkylation sites (tertiary alicyclic amines) is 1. The second-order valence-corrected chi connectivity index (χ2v) is 4.59. The summed E-state index contributed by atoms with van der Waals surface area (Å²) in [6.45, 7) is 2.22. The summed E-state index contributed by atoms with van der Waals surface area (Å²) in [5, 5.41) is 9.02. The van der Waals surface area contributed by atoms with Crippen LogP contribution in [0, 0.1) is 17.8 Å². The average Bonchev–Trinajstić information content (AvgIpc) is 2.79. The van der Waals surface area contributed by atoms with Crippen molar-refractivity contribution in [1.82, 2.24) is 4.90 Å². The van der Waals surface area contributed by atoms with Crippen molar-refractivity contribution in [2.24, 2.45) is 5.92 Å². The van der Waals surface area contributed by atoms with Crippen LogP contribution in [0.2, 0.25) is 0 Å². The van der Waals surface area contributed by atoms with E-state index in [0.29, 0.717) is 13.0 Å². The number of amides is 1. The maximum absolute atomic E-state index is 12.0. The molecule has 1 fully saturated rings. The van der Waals surface area contributed by atoms with Crippen molar-refractivity contribution < 1.29 is 14.7 Å². The lowest BCUT2D eigenvalue weighted by atomic mass is 10.0. The molecule has 1 aliphatic heterocycles. The summed E-state index contributed by atoms with van der Waals surface area (Å²) >= 11 is 0. The van der Waals surface area contributed by atoms with Crippen molar-refractivity contribution >= 4 is 11.9 Å². The van der Waals surface area contributed by atoms with Crippen LogP contribution in [-0.2, 0) is 9.59 Å². The van der Waals surface area contributed by atoms with Gasteiger partial charge in [-0.25, -0.2) is 0 Å². The number of benzene rings is 1. The van der Waals surface area contributed by atoms with Crippen molar-refractivity contribution in [3.8, 4) is 11.8 Å². The molecule has 19 heavy (non-hydrogen) atoms. The third-order valence-corrected chi connectivity index (χ3v) is 3.42. The molecule has 1 amide bonds. The van der Waals surface area contributed by atoms with Crippen LogP contribution in [0.5, 0.6) is 0 Å². The summed E-state index contributed by atoms with van der Waals surface area (Å²) in [4.78, 5) is 24.5. The molecule has 1 aromatic rings. The minimum absolute atomic E-state index is 0.296. The zero-order chi connectivity index (χ0) is 13.8. The lowest BCUT2D eigenvalue weighted by Gasteiger charge is -2.20. The number of nitrogens with zero attached hydrogens (tertiary/aromatic N) is 1. The smallest absolute Gasteiger partial charge is 0.308 e. The summed E-state index contributed by atoms with van der Waals surface area (Å²) in [7, 11) is 0. The van der Waals surface area contributed by atoms with Gasteiger partial charge in [0.2, 0.25) is 0 Å². The van der Waals surface area contributed by atoms with E-state index in [1.54, 1.807) is 6.92 Å². The van der Waals surface area contributed by atoms with Gasteiger partial charge in [-0.3, -0.25) is 9.59 Å². The van der Waals surface area contributed by atoms with Crippen molar-refractivity contribution in [3.63, 3.8) is 0 Å². The molecule has 1 N–H and O–H groups in total. The highest BCUT2D eigenvalue weighted by molar-refractivity contribution is 5.95. The number of carboxylic acid groups (broad SMARTS) is 1. The van der Waals surface area contributed by atoms with E-state index in [1.165, 1.54) is 4.90 Å². The minimum atomic E-state index is -0.848. The van der Waals surface area contributed by atoms with Crippen LogP contribution in [0.4, 0.5) is 0 Å². The quantitative estimate of drug-likeness (QED) is 0.773. The maximum Gasteiger partial charge on any atom is 0.308 e. The van der Waals surface area contributed by atoms with Crippen LogP contribution in [0.3, 0.4) is 0 Å². The van der Waals surface area contributed by atoms with E-state index in [-0.39, 0.29) is 11.9 Å². The molecular formula is C15H15NO3. The Balaban J connectivity index is 2.06. The first-order chi connectivity index (χ1) is 9.09. The van der Waals surface area contributed by atoms with Gasteiger partial charge in [0.05, 0.1) is 5.92 Å². The van der Waals surface area contributed by atoms with E-state index in [0.717, 1.165) is 5.56 Å². The lowest BCUT2D eigenvalue weighted by molar-refractivity contribution is -0.142. The predicted octanol–water partition coefficient (Wildman–Crippen LogP) is 1.36. The van der Waals surface area contributed by atoms with Gasteiger partial charge in [0.25, 0.3) is 5.91 Å². The van der Waals surface area contributed by atoms with Crippen molar-refractivity contribution in [1.29, 1.82) is 0 Å². The number of hydrogen-bond donors (Lipinski definition) is 1. The number of rotatable bonds is 1. The molecule has 1 aliphatic rings. The molecule has 2 atom stereocenters. The van der Waals surface area contributed by atoms with Gasteiger partial charge in [-0.05, 0) is 25.5 Å². The molecule has 0 aliphatic carbocycles. The Kier molecular flexibility index (Phi) is 3.86. The average molecular weight is 257 g/mol. The molecule has 0 aromatic heterocycles. The first-order valence-corrected chi connectivity index (χ1v) is 6.20. The van der Waals surface area contributed by atoms with E-state index in [2.05, 4.69) is 11.8 Å².